The Morgan fingerprint density at radius 3 is 2.76 bits per heavy atom. The summed E-state index contributed by atoms with van der Waals surface area (Å²) in [5.41, 5.74) is 3.79. The molecule has 1 amide bonds. The maximum Gasteiger partial charge on any atom is 0.341 e. The SMILES string of the molecule is O=C(OCC(=O)N1CCc2ccccc21)c1c(-n2cccc2)sc2c1CCSC2. The number of fused-ring (bicyclic) bond motifs is 2. The highest BCUT2D eigenvalue weighted by Gasteiger charge is 2.29. The highest BCUT2D eigenvalue weighted by Crippen LogP contribution is 2.38. The number of carbonyl (C=O) groups excluding carboxylic acids is 2. The fraction of sp³-hybridized carbons (Fsp3) is 0.273. The van der Waals surface area contributed by atoms with E-state index in [1.165, 1.54) is 4.88 Å². The van der Waals surface area contributed by atoms with Gasteiger partial charge in [-0.15, -0.1) is 11.3 Å². The zero-order valence-corrected chi connectivity index (χ0v) is 17.4. The van der Waals surface area contributed by atoms with Crippen LogP contribution in [0.15, 0.2) is 48.8 Å². The van der Waals surface area contributed by atoms with Crippen molar-refractivity contribution in [3.05, 3.63) is 70.4 Å². The molecule has 7 heteroatoms. The molecule has 29 heavy (non-hydrogen) atoms. The maximum atomic E-state index is 13.1. The summed E-state index contributed by atoms with van der Waals surface area (Å²) in [6.45, 7) is 0.396. The van der Waals surface area contributed by atoms with Gasteiger partial charge in [0.1, 0.15) is 5.00 Å². The Bertz CT molecular complexity index is 1070. The average molecular weight is 425 g/mol. The number of carbonyl (C=O) groups is 2. The minimum absolute atomic E-state index is 0.175. The smallest absolute Gasteiger partial charge is 0.341 e. The van der Waals surface area contributed by atoms with Crippen LogP contribution in [0.3, 0.4) is 0 Å². The number of para-hydroxylation sites is 1. The van der Waals surface area contributed by atoms with Gasteiger partial charge in [0.05, 0.1) is 5.56 Å². The second kappa shape index (κ2) is 7.72. The molecule has 4 heterocycles. The van der Waals surface area contributed by atoms with E-state index in [4.69, 9.17) is 4.74 Å². The normalized spacial score (nSPS) is 15.1. The van der Waals surface area contributed by atoms with Crippen molar-refractivity contribution in [2.75, 3.05) is 23.8 Å². The molecular formula is C22H20N2O3S2. The van der Waals surface area contributed by atoms with E-state index < -0.39 is 5.97 Å². The third-order valence-electron chi connectivity index (χ3n) is 5.36. The molecule has 2 aromatic heterocycles. The average Bonchev–Trinajstić information content (AvgIpc) is 3.49. The van der Waals surface area contributed by atoms with E-state index >= 15 is 0 Å². The lowest BCUT2D eigenvalue weighted by atomic mass is 10.1. The zero-order valence-electron chi connectivity index (χ0n) is 15.8. The number of hydrogen-bond acceptors (Lipinski definition) is 5. The van der Waals surface area contributed by atoms with Gasteiger partial charge in [0.25, 0.3) is 5.91 Å². The number of hydrogen-bond donors (Lipinski definition) is 0. The number of rotatable bonds is 4. The van der Waals surface area contributed by atoms with Gasteiger partial charge in [0.15, 0.2) is 6.61 Å². The van der Waals surface area contributed by atoms with Crippen LogP contribution in [0.25, 0.3) is 5.00 Å². The fourth-order valence-electron chi connectivity index (χ4n) is 3.95. The van der Waals surface area contributed by atoms with Crippen LogP contribution in [0.1, 0.15) is 26.4 Å². The lowest BCUT2D eigenvalue weighted by Gasteiger charge is -2.17. The lowest BCUT2D eigenvalue weighted by molar-refractivity contribution is -0.121. The van der Waals surface area contributed by atoms with E-state index in [0.29, 0.717) is 12.1 Å². The van der Waals surface area contributed by atoms with E-state index in [1.807, 2.05) is 65.1 Å². The molecule has 5 rings (SSSR count). The van der Waals surface area contributed by atoms with Crippen molar-refractivity contribution in [3.8, 4) is 5.00 Å². The Labute approximate surface area is 177 Å². The Kier molecular flexibility index (Phi) is 4.93. The second-order valence-electron chi connectivity index (χ2n) is 7.08. The van der Waals surface area contributed by atoms with Crippen LogP contribution in [-0.4, -0.2) is 35.3 Å². The highest BCUT2D eigenvalue weighted by molar-refractivity contribution is 7.98. The van der Waals surface area contributed by atoms with Crippen molar-refractivity contribution in [2.45, 2.75) is 18.6 Å². The molecule has 0 unspecified atom stereocenters. The Morgan fingerprint density at radius 1 is 1.07 bits per heavy atom. The van der Waals surface area contributed by atoms with Gasteiger partial charge in [0.2, 0.25) is 0 Å². The number of benzene rings is 1. The predicted octanol–water partition coefficient (Wildman–Crippen LogP) is 4.07. The second-order valence-corrected chi connectivity index (χ2v) is 9.27. The molecule has 0 N–H and O–H groups in total. The summed E-state index contributed by atoms with van der Waals surface area (Å²) in [5.74, 6) is 1.34. The van der Waals surface area contributed by atoms with Gasteiger partial charge >= 0.3 is 5.97 Å². The lowest BCUT2D eigenvalue weighted by Crippen LogP contribution is -2.33. The molecule has 0 radical (unpaired) electrons. The number of thiophene rings is 1. The first kappa shape index (κ1) is 18.5. The van der Waals surface area contributed by atoms with Crippen molar-refractivity contribution >= 4 is 40.7 Å². The Balaban J connectivity index is 1.36. The number of aromatic nitrogens is 1. The summed E-state index contributed by atoms with van der Waals surface area (Å²) in [4.78, 5) is 28.7. The van der Waals surface area contributed by atoms with E-state index in [9.17, 15) is 9.59 Å². The summed E-state index contributed by atoms with van der Waals surface area (Å²) in [6, 6.07) is 11.8. The Hall–Kier alpha value is -2.51. The number of esters is 1. The molecule has 0 bridgehead atoms. The van der Waals surface area contributed by atoms with Gasteiger partial charge in [-0.2, -0.15) is 11.8 Å². The van der Waals surface area contributed by atoms with E-state index in [-0.39, 0.29) is 12.5 Å². The first-order chi connectivity index (χ1) is 14.2. The van der Waals surface area contributed by atoms with Gasteiger partial charge in [-0.25, -0.2) is 4.79 Å². The monoisotopic (exact) mass is 424 g/mol. The topological polar surface area (TPSA) is 51.5 Å². The largest absolute Gasteiger partial charge is 0.452 e. The van der Waals surface area contributed by atoms with Gasteiger partial charge in [-0.05, 0) is 47.9 Å². The summed E-state index contributed by atoms with van der Waals surface area (Å²) >= 11 is 3.53. The first-order valence-electron chi connectivity index (χ1n) is 9.63. The van der Waals surface area contributed by atoms with Crippen molar-refractivity contribution in [1.82, 2.24) is 4.57 Å². The molecule has 0 fully saturated rings. The Morgan fingerprint density at radius 2 is 1.90 bits per heavy atom. The van der Waals surface area contributed by atoms with Gasteiger partial charge < -0.3 is 14.2 Å². The van der Waals surface area contributed by atoms with Crippen LogP contribution < -0.4 is 4.90 Å². The third kappa shape index (κ3) is 3.38. The van der Waals surface area contributed by atoms with Crippen molar-refractivity contribution in [3.63, 3.8) is 0 Å². The van der Waals surface area contributed by atoms with E-state index in [1.54, 1.807) is 16.2 Å². The molecule has 148 valence electrons. The molecular weight excluding hydrogens is 404 g/mol. The zero-order chi connectivity index (χ0) is 19.8. The number of anilines is 1. The number of amides is 1. The molecule has 0 spiro atoms. The number of thioether (sulfide) groups is 1. The molecule has 3 aromatic rings. The van der Waals surface area contributed by atoms with Crippen LogP contribution in [0.2, 0.25) is 0 Å². The van der Waals surface area contributed by atoms with E-state index in [2.05, 4.69) is 0 Å². The maximum absolute atomic E-state index is 13.1. The third-order valence-corrected chi connectivity index (χ3v) is 7.77. The van der Waals surface area contributed by atoms with E-state index in [0.717, 1.165) is 46.2 Å². The van der Waals surface area contributed by atoms with Crippen LogP contribution in [0, 0.1) is 0 Å². The first-order valence-corrected chi connectivity index (χ1v) is 11.6. The highest BCUT2D eigenvalue weighted by atomic mass is 32.2. The number of nitrogens with zero attached hydrogens (tertiary/aromatic N) is 2. The van der Waals surface area contributed by atoms with Gasteiger partial charge in [-0.3, -0.25) is 4.79 Å². The summed E-state index contributed by atoms with van der Waals surface area (Å²) in [7, 11) is 0. The summed E-state index contributed by atoms with van der Waals surface area (Å²) in [6.07, 6.45) is 5.57. The van der Waals surface area contributed by atoms with Gasteiger partial charge in [-0.1, -0.05) is 18.2 Å². The molecule has 5 nitrogen and oxygen atoms in total. The van der Waals surface area contributed by atoms with Crippen LogP contribution >= 0.6 is 23.1 Å². The molecule has 0 aliphatic carbocycles. The number of ether oxygens (including phenoxy) is 1. The van der Waals surface area contributed by atoms with Crippen molar-refractivity contribution in [1.29, 1.82) is 0 Å². The standard InChI is InChI=1S/C22H20N2O3S2/c25-19(24-11-7-15-5-1-2-6-17(15)24)13-27-22(26)20-16-8-12-28-14-18(16)29-21(20)23-9-3-4-10-23/h1-6,9-10H,7-8,11-14H2. The quantitative estimate of drug-likeness (QED) is 0.593. The van der Waals surface area contributed by atoms with Crippen molar-refractivity contribution < 1.29 is 14.3 Å². The minimum atomic E-state index is -0.404. The predicted molar refractivity (Wildman–Crippen MR) is 116 cm³/mol. The molecule has 2 aliphatic heterocycles. The molecule has 1 aromatic carbocycles. The summed E-state index contributed by atoms with van der Waals surface area (Å²) in [5, 5.41) is 0.881. The van der Waals surface area contributed by atoms with Crippen LogP contribution in [-0.2, 0) is 28.1 Å². The minimum Gasteiger partial charge on any atom is -0.452 e. The van der Waals surface area contributed by atoms with Gasteiger partial charge in [0, 0.05) is 35.3 Å². The molecule has 0 atom stereocenters. The van der Waals surface area contributed by atoms with Crippen molar-refractivity contribution in [2.24, 2.45) is 0 Å². The molecule has 0 saturated heterocycles. The molecule has 2 aliphatic rings. The van der Waals surface area contributed by atoms with Crippen LogP contribution in [0.4, 0.5) is 5.69 Å². The van der Waals surface area contributed by atoms with Crippen LogP contribution in [0.5, 0.6) is 0 Å². The summed E-state index contributed by atoms with van der Waals surface area (Å²) < 4.78 is 7.50. The fourth-order valence-corrected chi connectivity index (χ4v) is 6.39. The molecule has 0 saturated carbocycles.